The summed E-state index contributed by atoms with van der Waals surface area (Å²) < 4.78 is 0. The highest BCUT2D eigenvalue weighted by atomic mass is 14.4. The van der Waals surface area contributed by atoms with Crippen LogP contribution in [0.15, 0.2) is 60.2 Å². The van der Waals surface area contributed by atoms with Gasteiger partial charge < -0.3 is 5.41 Å². The van der Waals surface area contributed by atoms with Crippen molar-refractivity contribution in [2.24, 2.45) is 0 Å². The zero-order chi connectivity index (χ0) is 11.4. The summed E-state index contributed by atoms with van der Waals surface area (Å²) in [6.07, 6.45) is 11.7. The van der Waals surface area contributed by atoms with E-state index < -0.39 is 0 Å². The van der Waals surface area contributed by atoms with Gasteiger partial charge in [-0.3, -0.25) is 0 Å². The number of rotatable bonds is 2. The third-order valence-electron chi connectivity index (χ3n) is 2.42. The quantitative estimate of drug-likeness (QED) is 0.718. The van der Waals surface area contributed by atoms with Crippen LogP contribution in [0.25, 0.3) is 0 Å². The first-order chi connectivity index (χ1) is 7.74. The first-order valence-corrected chi connectivity index (χ1v) is 5.30. The van der Waals surface area contributed by atoms with Gasteiger partial charge in [-0.1, -0.05) is 0 Å². The smallest absolute Gasteiger partial charge is 0.0954 e. The summed E-state index contributed by atoms with van der Waals surface area (Å²) in [5.41, 5.74) is 4.14. The highest BCUT2D eigenvalue weighted by molar-refractivity contribution is 6.03. The van der Waals surface area contributed by atoms with Crippen LogP contribution in [0.1, 0.15) is 11.1 Å². The number of benzene rings is 1. The summed E-state index contributed by atoms with van der Waals surface area (Å²) in [7, 11) is 0. The SMILES string of the molecule is Cc1cccc([CH+]C=C2C=CC(=N)C=C2)c1. The molecule has 1 nitrogen and oxygen atoms in total. The molecule has 0 spiro atoms. The van der Waals surface area contributed by atoms with Gasteiger partial charge in [0.15, 0.2) is 0 Å². The van der Waals surface area contributed by atoms with Crippen LogP contribution in [-0.2, 0) is 0 Å². The average molecular weight is 208 g/mol. The third-order valence-corrected chi connectivity index (χ3v) is 2.42. The second-order valence-electron chi connectivity index (χ2n) is 3.87. The molecule has 78 valence electrons. The maximum Gasteiger partial charge on any atom is 0.0954 e. The van der Waals surface area contributed by atoms with Gasteiger partial charge in [-0.2, -0.15) is 0 Å². The van der Waals surface area contributed by atoms with Crippen molar-refractivity contribution in [2.45, 2.75) is 6.92 Å². The first-order valence-electron chi connectivity index (χ1n) is 5.30. The molecule has 0 aliphatic heterocycles. The van der Waals surface area contributed by atoms with Gasteiger partial charge in [-0.05, 0) is 48.9 Å². The molecule has 1 heteroatoms. The van der Waals surface area contributed by atoms with Crippen molar-refractivity contribution in [1.29, 1.82) is 5.41 Å². The minimum atomic E-state index is 0.549. The van der Waals surface area contributed by atoms with Crippen LogP contribution >= 0.6 is 0 Å². The second kappa shape index (κ2) is 4.67. The summed E-state index contributed by atoms with van der Waals surface area (Å²) in [4.78, 5) is 0. The Kier molecular flexibility index (Phi) is 3.06. The summed E-state index contributed by atoms with van der Waals surface area (Å²) in [5, 5.41) is 7.39. The van der Waals surface area contributed by atoms with Crippen molar-refractivity contribution in [3.63, 3.8) is 0 Å². The maximum atomic E-state index is 7.39. The molecule has 1 N–H and O–H groups in total. The fourth-order valence-electron chi connectivity index (χ4n) is 1.56. The molecule has 0 amide bonds. The van der Waals surface area contributed by atoms with Crippen LogP contribution in [0.3, 0.4) is 0 Å². The van der Waals surface area contributed by atoms with Crippen molar-refractivity contribution in [1.82, 2.24) is 0 Å². The number of hydrogen-bond acceptors (Lipinski definition) is 1. The molecule has 1 aromatic carbocycles. The lowest BCUT2D eigenvalue weighted by atomic mass is 10.0. The van der Waals surface area contributed by atoms with Crippen molar-refractivity contribution in [2.75, 3.05) is 0 Å². The molecule has 0 atom stereocenters. The van der Waals surface area contributed by atoms with Crippen molar-refractivity contribution >= 4 is 5.71 Å². The largest absolute Gasteiger partial charge is 0.301 e. The highest BCUT2D eigenvalue weighted by Crippen LogP contribution is 2.11. The molecule has 1 aliphatic carbocycles. The van der Waals surface area contributed by atoms with Gasteiger partial charge in [0.25, 0.3) is 0 Å². The first kappa shape index (κ1) is 10.5. The molecule has 1 aromatic rings. The molecule has 1 aliphatic rings. The van der Waals surface area contributed by atoms with E-state index in [1.165, 1.54) is 11.1 Å². The normalized spacial score (nSPS) is 14.1. The molecular formula is C15H14N+. The molecule has 2 rings (SSSR count). The zero-order valence-electron chi connectivity index (χ0n) is 9.27. The summed E-state index contributed by atoms with van der Waals surface area (Å²) in [6, 6.07) is 8.38. The lowest BCUT2D eigenvalue weighted by molar-refractivity contribution is 1.41. The molecular weight excluding hydrogens is 194 g/mol. The van der Waals surface area contributed by atoms with Crippen LogP contribution < -0.4 is 0 Å². The fraction of sp³-hybridized carbons (Fsp3) is 0.0667. The van der Waals surface area contributed by atoms with Gasteiger partial charge >= 0.3 is 0 Å². The molecule has 0 bridgehead atoms. The number of nitrogens with one attached hydrogen (secondary N) is 1. The van der Waals surface area contributed by atoms with E-state index in [1.54, 1.807) is 12.2 Å². The summed E-state index contributed by atoms with van der Waals surface area (Å²) in [5.74, 6) is 0. The highest BCUT2D eigenvalue weighted by Gasteiger charge is 2.02. The number of hydrogen-bond donors (Lipinski definition) is 1. The number of allylic oxidation sites excluding steroid dienone is 6. The van der Waals surface area contributed by atoms with E-state index in [0.29, 0.717) is 5.71 Å². The molecule has 0 heterocycles. The Balaban J connectivity index is 2.07. The van der Waals surface area contributed by atoms with E-state index in [-0.39, 0.29) is 0 Å². The Morgan fingerprint density at radius 1 is 1.12 bits per heavy atom. The fourth-order valence-corrected chi connectivity index (χ4v) is 1.56. The van der Waals surface area contributed by atoms with Crippen LogP contribution in [0.5, 0.6) is 0 Å². The monoisotopic (exact) mass is 208 g/mol. The second-order valence-corrected chi connectivity index (χ2v) is 3.87. The minimum Gasteiger partial charge on any atom is -0.301 e. The molecule has 0 radical (unpaired) electrons. The van der Waals surface area contributed by atoms with Gasteiger partial charge in [0.2, 0.25) is 0 Å². The standard InChI is InChI=1S/C15H14N/c1-12-3-2-4-14(11-12)6-5-13-7-9-15(16)10-8-13/h2-11,16H,1H3/q+1. The van der Waals surface area contributed by atoms with Gasteiger partial charge in [0.1, 0.15) is 0 Å². The zero-order valence-corrected chi connectivity index (χ0v) is 9.27. The van der Waals surface area contributed by atoms with Gasteiger partial charge in [0.05, 0.1) is 11.3 Å². The predicted molar refractivity (Wildman–Crippen MR) is 68.7 cm³/mol. The van der Waals surface area contributed by atoms with Gasteiger partial charge in [-0.25, -0.2) is 0 Å². The van der Waals surface area contributed by atoms with Crippen molar-refractivity contribution in [3.8, 4) is 0 Å². The molecule has 0 saturated heterocycles. The third kappa shape index (κ3) is 2.74. The van der Waals surface area contributed by atoms with Gasteiger partial charge in [-0.15, -0.1) is 0 Å². The molecule has 0 fully saturated rings. The molecule has 16 heavy (non-hydrogen) atoms. The van der Waals surface area contributed by atoms with Crippen LogP contribution in [-0.4, -0.2) is 5.71 Å². The predicted octanol–water partition coefficient (Wildman–Crippen LogP) is 3.62. The van der Waals surface area contributed by atoms with Crippen LogP contribution in [0, 0.1) is 18.8 Å². The van der Waals surface area contributed by atoms with E-state index in [2.05, 4.69) is 43.7 Å². The lowest BCUT2D eigenvalue weighted by Gasteiger charge is -1.97. The van der Waals surface area contributed by atoms with E-state index >= 15 is 0 Å². The van der Waals surface area contributed by atoms with Crippen LogP contribution in [0.2, 0.25) is 0 Å². The summed E-state index contributed by atoms with van der Waals surface area (Å²) >= 11 is 0. The Morgan fingerprint density at radius 2 is 1.88 bits per heavy atom. The van der Waals surface area contributed by atoms with Crippen molar-refractivity contribution < 1.29 is 0 Å². The van der Waals surface area contributed by atoms with Gasteiger partial charge in [0, 0.05) is 30.2 Å². The van der Waals surface area contributed by atoms with E-state index in [1.807, 2.05) is 12.2 Å². The van der Waals surface area contributed by atoms with Crippen LogP contribution in [0.4, 0.5) is 0 Å². The van der Waals surface area contributed by atoms with E-state index in [9.17, 15) is 0 Å². The van der Waals surface area contributed by atoms with E-state index in [4.69, 9.17) is 5.41 Å². The molecule has 0 unspecified atom stereocenters. The Labute approximate surface area is 96.3 Å². The van der Waals surface area contributed by atoms with Crippen molar-refractivity contribution in [3.05, 3.63) is 77.8 Å². The topological polar surface area (TPSA) is 23.9 Å². The molecule has 0 saturated carbocycles. The minimum absolute atomic E-state index is 0.549. The Morgan fingerprint density at radius 3 is 2.56 bits per heavy atom. The average Bonchev–Trinajstić information content (AvgIpc) is 2.28. The Hall–Kier alpha value is -2.02. The summed E-state index contributed by atoms with van der Waals surface area (Å²) in [6.45, 7) is 2.09. The van der Waals surface area contributed by atoms with E-state index in [0.717, 1.165) is 5.57 Å². The number of aryl methyl sites for hydroxylation is 1. The maximum absolute atomic E-state index is 7.39. The Bertz CT molecular complexity index is 472. The lowest BCUT2D eigenvalue weighted by Crippen LogP contribution is -1.90. The molecule has 0 aromatic heterocycles.